The molecule has 4 rings (SSSR count). The first-order valence-electron chi connectivity index (χ1n) is 10.5. The average Bonchev–Trinajstić information content (AvgIpc) is 2.84. The van der Waals surface area contributed by atoms with E-state index >= 15 is 0 Å². The number of amides is 2. The molecule has 32 heavy (non-hydrogen) atoms. The number of carbonyl (C=O) groups is 2. The number of nitrogens with one attached hydrogen (secondary N) is 2. The van der Waals surface area contributed by atoms with Crippen LogP contribution >= 0.6 is 21.6 Å². The molecule has 8 nitrogen and oxygen atoms in total. The number of ether oxygens (including phenoxy) is 2. The minimum Gasteiger partial charge on any atom is -0.379 e. The summed E-state index contributed by atoms with van der Waals surface area (Å²) in [7, 11) is 2.93. The summed E-state index contributed by atoms with van der Waals surface area (Å²) in [6, 6.07) is 15.0. The van der Waals surface area contributed by atoms with E-state index in [-0.39, 0.29) is 11.8 Å². The lowest BCUT2D eigenvalue weighted by Crippen LogP contribution is -2.48. The van der Waals surface area contributed by atoms with E-state index in [0.717, 1.165) is 9.79 Å². The van der Waals surface area contributed by atoms with Gasteiger partial charge in [-0.05, 0) is 24.3 Å². The fraction of sp³-hybridized carbons (Fsp3) is 0.364. The zero-order valence-corrected chi connectivity index (χ0v) is 19.3. The first-order valence-corrected chi connectivity index (χ1v) is 12.7. The minimum absolute atomic E-state index is 0.144. The van der Waals surface area contributed by atoms with Crippen molar-refractivity contribution >= 4 is 33.4 Å². The largest absolute Gasteiger partial charge is 0.379 e. The summed E-state index contributed by atoms with van der Waals surface area (Å²) in [6.07, 6.45) is 0. The van der Waals surface area contributed by atoms with Crippen LogP contribution in [0.25, 0.3) is 0 Å². The number of rotatable bonds is 7. The number of hydrogen-bond acceptors (Lipinski definition) is 8. The van der Waals surface area contributed by atoms with Crippen LogP contribution in [0, 0.1) is 0 Å². The first kappa shape index (κ1) is 23.1. The molecule has 2 fully saturated rings. The second-order valence-electron chi connectivity index (χ2n) is 7.24. The van der Waals surface area contributed by atoms with Gasteiger partial charge in [0.15, 0.2) is 0 Å². The molecule has 0 saturated carbocycles. The fourth-order valence-corrected chi connectivity index (χ4v) is 5.66. The Hall–Kier alpha value is -2.08. The lowest BCUT2D eigenvalue weighted by atomic mass is 10.2. The third-order valence-electron chi connectivity index (χ3n) is 5.03. The number of nitrogens with zero attached hydrogens (tertiary/aromatic N) is 2. The normalized spacial score (nSPS) is 17.6. The Morgan fingerprint density at radius 1 is 0.656 bits per heavy atom. The topological polar surface area (TPSA) is 83.1 Å². The average molecular weight is 475 g/mol. The molecule has 0 spiro atoms. The molecule has 0 radical (unpaired) electrons. The van der Waals surface area contributed by atoms with Crippen molar-refractivity contribution < 1.29 is 19.1 Å². The molecular weight excluding hydrogens is 448 g/mol. The van der Waals surface area contributed by atoms with Gasteiger partial charge >= 0.3 is 0 Å². The van der Waals surface area contributed by atoms with Crippen LogP contribution in [-0.2, 0) is 9.47 Å². The van der Waals surface area contributed by atoms with Crippen LogP contribution < -0.4 is 10.9 Å². The van der Waals surface area contributed by atoms with E-state index in [9.17, 15) is 9.59 Å². The van der Waals surface area contributed by atoms with Crippen molar-refractivity contribution in [3.05, 3.63) is 59.7 Å². The van der Waals surface area contributed by atoms with Crippen molar-refractivity contribution in [3.8, 4) is 0 Å². The van der Waals surface area contributed by atoms with Gasteiger partial charge in [-0.2, -0.15) is 0 Å². The van der Waals surface area contributed by atoms with Gasteiger partial charge in [0.25, 0.3) is 11.8 Å². The minimum atomic E-state index is -0.144. The highest BCUT2D eigenvalue weighted by Gasteiger charge is 2.19. The molecule has 0 bridgehead atoms. The van der Waals surface area contributed by atoms with Crippen molar-refractivity contribution in [2.45, 2.75) is 9.79 Å². The van der Waals surface area contributed by atoms with Crippen molar-refractivity contribution in [1.82, 2.24) is 20.9 Å². The molecule has 170 valence electrons. The molecule has 2 aromatic carbocycles. The second-order valence-corrected chi connectivity index (χ2v) is 9.45. The molecule has 2 N–H and O–H groups in total. The van der Waals surface area contributed by atoms with Crippen molar-refractivity contribution in [3.63, 3.8) is 0 Å². The Morgan fingerprint density at radius 3 is 1.44 bits per heavy atom. The molecule has 2 saturated heterocycles. The van der Waals surface area contributed by atoms with Crippen molar-refractivity contribution in [2.24, 2.45) is 0 Å². The Kier molecular flexibility index (Phi) is 8.43. The van der Waals surface area contributed by atoms with Gasteiger partial charge in [0.05, 0.1) is 37.6 Å². The number of carbonyl (C=O) groups excluding carboxylic acids is 2. The van der Waals surface area contributed by atoms with E-state index in [0.29, 0.717) is 63.7 Å². The zero-order valence-electron chi connectivity index (χ0n) is 17.6. The molecule has 2 aliphatic heterocycles. The van der Waals surface area contributed by atoms with Crippen LogP contribution in [0.5, 0.6) is 0 Å². The third-order valence-corrected chi connectivity index (χ3v) is 7.51. The van der Waals surface area contributed by atoms with Crippen LogP contribution in [-0.4, -0.2) is 74.4 Å². The van der Waals surface area contributed by atoms with Gasteiger partial charge in [0, 0.05) is 36.0 Å². The lowest BCUT2D eigenvalue weighted by Gasteiger charge is -2.27. The highest BCUT2D eigenvalue weighted by molar-refractivity contribution is 8.76. The number of hydrogen-bond donors (Lipinski definition) is 2. The van der Waals surface area contributed by atoms with E-state index in [1.807, 2.05) is 58.5 Å². The number of hydrazine groups is 2. The van der Waals surface area contributed by atoms with Crippen molar-refractivity contribution in [2.75, 3.05) is 52.6 Å². The summed E-state index contributed by atoms with van der Waals surface area (Å²) in [6.45, 7) is 5.10. The van der Waals surface area contributed by atoms with E-state index in [2.05, 4.69) is 10.9 Å². The zero-order chi connectivity index (χ0) is 22.2. The van der Waals surface area contributed by atoms with Gasteiger partial charge in [-0.1, -0.05) is 45.9 Å². The van der Waals surface area contributed by atoms with Gasteiger partial charge in [0.1, 0.15) is 0 Å². The smallest absolute Gasteiger partial charge is 0.266 e. The third kappa shape index (κ3) is 6.25. The molecule has 2 aromatic rings. The Bertz CT molecular complexity index is 858. The maximum atomic E-state index is 12.8. The molecule has 0 aliphatic carbocycles. The molecule has 2 amide bonds. The van der Waals surface area contributed by atoms with Gasteiger partial charge in [-0.3, -0.25) is 20.4 Å². The van der Waals surface area contributed by atoms with E-state index in [4.69, 9.17) is 9.47 Å². The highest BCUT2D eigenvalue weighted by Crippen LogP contribution is 2.40. The summed E-state index contributed by atoms with van der Waals surface area (Å²) in [5.74, 6) is -0.289. The lowest BCUT2D eigenvalue weighted by molar-refractivity contribution is 0.0122. The van der Waals surface area contributed by atoms with Crippen LogP contribution in [0.3, 0.4) is 0 Å². The van der Waals surface area contributed by atoms with Gasteiger partial charge in [0.2, 0.25) is 0 Å². The quantitative estimate of drug-likeness (QED) is 0.592. The van der Waals surface area contributed by atoms with Crippen LogP contribution in [0.2, 0.25) is 0 Å². The summed E-state index contributed by atoms with van der Waals surface area (Å²) in [4.78, 5) is 27.4. The fourth-order valence-electron chi connectivity index (χ4n) is 3.30. The Morgan fingerprint density at radius 2 is 1.03 bits per heavy atom. The molecule has 2 heterocycles. The standard InChI is InChI=1S/C22H26N4O4S2/c27-21(23-25-9-13-29-14-10-25)17-5-1-3-7-19(17)31-32-20-8-4-2-6-18(20)22(28)24-26-11-15-30-16-12-26/h1-8H,9-16H2,(H,23,27)(H,24,28). The summed E-state index contributed by atoms with van der Waals surface area (Å²) >= 11 is 0. The maximum Gasteiger partial charge on any atom is 0.266 e. The Labute approximate surface area is 195 Å². The molecule has 0 unspecified atom stereocenters. The van der Waals surface area contributed by atoms with Crippen LogP contribution in [0.4, 0.5) is 0 Å². The summed E-state index contributed by atoms with van der Waals surface area (Å²) in [5.41, 5.74) is 7.13. The van der Waals surface area contributed by atoms with E-state index in [1.165, 1.54) is 21.6 Å². The van der Waals surface area contributed by atoms with Gasteiger partial charge < -0.3 is 9.47 Å². The maximum absolute atomic E-state index is 12.8. The van der Waals surface area contributed by atoms with E-state index < -0.39 is 0 Å². The SMILES string of the molecule is O=C(NN1CCOCC1)c1ccccc1SSc1ccccc1C(=O)NN1CCOCC1. The molecule has 0 atom stereocenters. The summed E-state index contributed by atoms with van der Waals surface area (Å²) in [5, 5.41) is 3.76. The first-order chi connectivity index (χ1) is 15.7. The Balaban J connectivity index is 1.41. The number of morpholine rings is 2. The summed E-state index contributed by atoms with van der Waals surface area (Å²) < 4.78 is 10.7. The van der Waals surface area contributed by atoms with Crippen LogP contribution in [0.15, 0.2) is 58.3 Å². The van der Waals surface area contributed by atoms with Crippen LogP contribution in [0.1, 0.15) is 20.7 Å². The highest BCUT2D eigenvalue weighted by atomic mass is 33.1. The molecule has 0 aromatic heterocycles. The molecule has 2 aliphatic rings. The monoisotopic (exact) mass is 474 g/mol. The predicted octanol–water partition coefficient (Wildman–Crippen LogP) is 2.44. The van der Waals surface area contributed by atoms with Crippen molar-refractivity contribution in [1.29, 1.82) is 0 Å². The van der Waals surface area contributed by atoms with Gasteiger partial charge in [-0.25, -0.2) is 10.0 Å². The molecular formula is C22H26N4O4S2. The second kappa shape index (κ2) is 11.7. The number of benzene rings is 2. The van der Waals surface area contributed by atoms with E-state index in [1.54, 1.807) is 0 Å². The van der Waals surface area contributed by atoms with Gasteiger partial charge in [-0.15, -0.1) is 0 Å². The predicted molar refractivity (Wildman–Crippen MR) is 124 cm³/mol. The molecule has 10 heteroatoms.